The highest BCUT2D eigenvalue weighted by molar-refractivity contribution is 7.89. The van der Waals surface area contributed by atoms with E-state index in [-0.39, 0.29) is 23.4 Å². The third-order valence-electron chi connectivity index (χ3n) is 3.24. The van der Waals surface area contributed by atoms with Gasteiger partial charge in [0.1, 0.15) is 0 Å². The molecule has 124 valence electrons. The van der Waals surface area contributed by atoms with Crippen molar-refractivity contribution in [2.24, 2.45) is 0 Å². The Morgan fingerprint density at radius 1 is 1.30 bits per heavy atom. The monoisotopic (exact) mass is 372 g/mol. The number of amides is 1. The van der Waals surface area contributed by atoms with Crippen LogP contribution >= 0.6 is 22.9 Å². The summed E-state index contributed by atoms with van der Waals surface area (Å²) < 4.78 is 25.8. The lowest BCUT2D eigenvalue weighted by Crippen LogP contribution is -2.39. The Morgan fingerprint density at radius 3 is 2.52 bits per heavy atom. The summed E-state index contributed by atoms with van der Waals surface area (Å²) >= 11 is 7.30. The molecule has 8 heteroatoms. The number of nitrogens with one attached hydrogen (secondary N) is 1. The fraction of sp³-hybridized carbons (Fsp3) is 0.267. The minimum Gasteiger partial charge on any atom is -0.348 e. The predicted molar refractivity (Wildman–Crippen MR) is 92.1 cm³/mol. The molecule has 0 fully saturated rings. The number of thiophene rings is 1. The van der Waals surface area contributed by atoms with Gasteiger partial charge in [0.2, 0.25) is 15.9 Å². The summed E-state index contributed by atoms with van der Waals surface area (Å²) in [6.45, 7) is 1.61. The van der Waals surface area contributed by atoms with Gasteiger partial charge in [-0.25, -0.2) is 8.42 Å². The van der Waals surface area contributed by atoms with Crippen molar-refractivity contribution in [1.82, 2.24) is 9.62 Å². The van der Waals surface area contributed by atoms with E-state index in [4.69, 9.17) is 11.6 Å². The van der Waals surface area contributed by atoms with Crippen molar-refractivity contribution in [3.05, 3.63) is 51.7 Å². The van der Waals surface area contributed by atoms with Gasteiger partial charge >= 0.3 is 0 Å². The van der Waals surface area contributed by atoms with Crippen LogP contribution in [-0.4, -0.2) is 32.2 Å². The number of halogens is 1. The largest absolute Gasteiger partial charge is 0.348 e. The van der Waals surface area contributed by atoms with Gasteiger partial charge < -0.3 is 5.32 Å². The second-order valence-corrected chi connectivity index (χ2v) is 8.48. The van der Waals surface area contributed by atoms with E-state index in [1.54, 1.807) is 0 Å². The van der Waals surface area contributed by atoms with Crippen LogP contribution in [0.5, 0.6) is 0 Å². The van der Waals surface area contributed by atoms with Gasteiger partial charge in [0.05, 0.1) is 17.5 Å². The molecule has 0 radical (unpaired) electrons. The lowest BCUT2D eigenvalue weighted by molar-refractivity contribution is -0.121. The van der Waals surface area contributed by atoms with Crippen LogP contribution in [0.2, 0.25) is 5.02 Å². The molecule has 0 unspecified atom stereocenters. The molecule has 0 saturated carbocycles. The first kappa shape index (κ1) is 17.9. The quantitative estimate of drug-likeness (QED) is 0.847. The van der Waals surface area contributed by atoms with Crippen molar-refractivity contribution in [3.63, 3.8) is 0 Å². The second-order valence-electron chi connectivity index (χ2n) is 5.02. The summed E-state index contributed by atoms with van der Waals surface area (Å²) in [5, 5.41) is 5.17. The molecule has 0 aliphatic rings. The molecule has 1 aromatic heterocycles. The van der Waals surface area contributed by atoms with Crippen molar-refractivity contribution in [2.45, 2.75) is 17.9 Å². The molecule has 0 spiro atoms. The molecular weight excluding hydrogens is 356 g/mol. The summed E-state index contributed by atoms with van der Waals surface area (Å²) in [7, 11) is -2.35. The highest BCUT2D eigenvalue weighted by Gasteiger charge is 2.23. The number of carbonyl (C=O) groups is 1. The van der Waals surface area contributed by atoms with E-state index >= 15 is 0 Å². The average molecular weight is 373 g/mol. The van der Waals surface area contributed by atoms with Gasteiger partial charge in [-0.3, -0.25) is 4.79 Å². The summed E-state index contributed by atoms with van der Waals surface area (Å²) in [5.74, 6) is -0.356. The van der Waals surface area contributed by atoms with Crippen LogP contribution in [0, 0.1) is 0 Å². The third kappa shape index (κ3) is 4.54. The standard InChI is InChI=1S/C15H17ClN2O3S2/c1-11(14-4-3-9-22-14)17-15(19)10-18(2)23(20,21)13-7-5-12(16)6-8-13/h3-9,11H,10H2,1-2H3,(H,17,19)/t11-/m0/s1. The molecule has 0 aliphatic carbocycles. The van der Waals surface area contributed by atoms with E-state index < -0.39 is 10.0 Å². The van der Waals surface area contributed by atoms with Crippen molar-refractivity contribution >= 4 is 38.9 Å². The van der Waals surface area contributed by atoms with E-state index in [0.717, 1.165) is 9.18 Å². The fourth-order valence-electron chi connectivity index (χ4n) is 1.97. The Hall–Kier alpha value is -1.41. The van der Waals surface area contributed by atoms with Crippen LogP contribution in [0.3, 0.4) is 0 Å². The molecule has 1 amide bonds. The maximum atomic E-state index is 12.4. The van der Waals surface area contributed by atoms with Crippen LogP contribution in [0.4, 0.5) is 0 Å². The molecule has 2 aromatic rings. The Morgan fingerprint density at radius 2 is 1.96 bits per heavy atom. The van der Waals surface area contributed by atoms with Crippen LogP contribution in [0.25, 0.3) is 0 Å². The maximum absolute atomic E-state index is 12.4. The van der Waals surface area contributed by atoms with Crippen molar-refractivity contribution in [1.29, 1.82) is 0 Å². The van der Waals surface area contributed by atoms with E-state index in [1.165, 1.54) is 42.6 Å². The topological polar surface area (TPSA) is 66.5 Å². The molecule has 1 heterocycles. The summed E-state index contributed by atoms with van der Waals surface area (Å²) in [4.78, 5) is 13.2. The number of nitrogens with zero attached hydrogens (tertiary/aromatic N) is 1. The molecule has 0 bridgehead atoms. The smallest absolute Gasteiger partial charge is 0.243 e. The zero-order chi connectivity index (χ0) is 17.0. The Kier molecular flexibility index (Phi) is 5.80. The number of rotatable bonds is 6. The van der Waals surface area contributed by atoms with Gasteiger partial charge in [0.25, 0.3) is 0 Å². The van der Waals surface area contributed by atoms with E-state index in [9.17, 15) is 13.2 Å². The van der Waals surface area contributed by atoms with Gasteiger partial charge in [-0.15, -0.1) is 11.3 Å². The minimum absolute atomic E-state index is 0.100. The van der Waals surface area contributed by atoms with Crippen molar-refractivity contribution in [3.8, 4) is 0 Å². The van der Waals surface area contributed by atoms with Gasteiger partial charge in [-0.2, -0.15) is 4.31 Å². The lowest BCUT2D eigenvalue weighted by Gasteiger charge is -2.18. The van der Waals surface area contributed by atoms with Gasteiger partial charge in [0.15, 0.2) is 0 Å². The van der Waals surface area contributed by atoms with E-state index in [1.807, 2.05) is 24.4 Å². The highest BCUT2D eigenvalue weighted by Crippen LogP contribution is 2.19. The Labute approximate surface area is 144 Å². The third-order valence-corrected chi connectivity index (χ3v) is 6.36. The zero-order valence-corrected chi connectivity index (χ0v) is 15.1. The number of hydrogen-bond acceptors (Lipinski definition) is 4. The van der Waals surface area contributed by atoms with Gasteiger partial charge in [-0.05, 0) is 42.6 Å². The van der Waals surface area contributed by atoms with Crippen LogP contribution < -0.4 is 5.32 Å². The molecule has 1 atom stereocenters. The molecule has 0 aliphatic heterocycles. The van der Waals surface area contributed by atoms with Gasteiger partial charge in [0, 0.05) is 16.9 Å². The van der Waals surface area contributed by atoms with E-state index in [2.05, 4.69) is 5.32 Å². The van der Waals surface area contributed by atoms with Crippen LogP contribution in [-0.2, 0) is 14.8 Å². The predicted octanol–water partition coefficient (Wildman–Crippen LogP) is 2.90. The normalized spacial score (nSPS) is 13.0. The first-order valence-corrected chi connectivity index (χ1v) is 9.55. The molecule has 1 N–H and O–H groups in total. The SMILES string of the molecule is C[C@H](NC(=O)CN(C)S(=O)(=O)c1ccc(Cl)cc1)c1cccs1. The number of benzene rings is 1. The lowest BCUT2D eigenvalue weighted by atomic mass is 10.3. The van der Waals surface area contributed by atoms with Crippen molar-refractivity contribution in [2.75, 3.05) is 13.6 Å². The molecule has 23 heavy (non-hydrogen) atoms. The summed E-state index contributed by atoms with van der Waals surface area (Å²) in [5.41, 5.74) is 0. The van der Waals surface area contributed by atoms with Crippen LogP contribution in [0.1, 0.15) is 17.8 Å². The first-order valence-electron chi connectivity index (χ1n) is 6.85. The number of carbonyl (C=O) groups excluding carboxylic acids is 1. The number of sulfonamides is 1. The zero-order valence-electron chi connectivity index (χ0n) is 12.7. The Bertz CT molecular complexity index is 759. The number of likely N-dealkylation sites (N-methyl/N-ethyl adjacent to an activating group) is 1. The molecule has 5 nitrogen and oxygen atoms in total. The maximum Gasteiger partial charge on any atom is 0.243 e. The molecule has 0 saturated heterocycles. The molecule has 2 rings (SSSR count). The van der Waals surface area contributed by atoms with Crippen LogP contribution in [0.15, 0.2) is 46.7 Å². The fourth-order valence-corrected chi connectivity index (χ4v) is 3.96. The summed E-state index contributed by atoms with van der Waals surface area (Å²) in [6, 6.07) is 9.50. The second kappa shape index (κ2) is 7.44. The minimum atomic E-state index is -3.72. The average Bonchev–Trinajstić information content (AvgIpc) is 3.01. The Balaban J connectivity index is 2.01. The van der Waals surface area contributed by atoms with E-state index in [0.29, 0.717) is 5.02 Å². The summed E-state index contributed by atoms with van der Waals surface area (Å²) in [6.07, 6.45) is 0. The molecule has 1 aromatic carbocycles. The highest BCUT2D eigenvalue weighted by atomic mass is 35.5. The molecular formula is C15H17ClN2O3S2. The first-order chi connectivity index (χ1) is 10.8. The van der Waals surface area contributed by atoms with Crippen molar-refractivity contribution < 1.29 is 13.2 Å². The number of hydrogen-bond donors (Lipinski definition) is 1. The van der Waals surface area contributed by atoms with Gasteiger partial charge in [-0.1, -0.05) is 17.7 Å².